The predicted octanol–water partition coefficient (Wildman–Crippen LogP) is 8.38. The van der Waals surface area contributed by atoms with E-state index in [1.165, 1.54) is 0 Å². The van der Waals surface area contributed by atoms with E-state index in [-0.39, 0.29) is 19.6 Å². The van der Waals surface area contributed by atoms with E-state index in [4.69, 9.17) is 33.8 Å². The third kappa shape index (κ3) is 8.25. The van der Waals surface area contributed by atoms with E-state index in [2.05, 4.69) is 24.2 Å². The minimum absolute atomic E-state index is 0.0407. The second kappa shape index (κ2) is 15.0. The van der Waals surface area contributed by atoms with Crippen molar-refractivity contribution in [3.05, 3.63) is 123 Å². The highest BCUT2D eigenvalue weighted by Gasteiger charge is 2.16. The second-order valence-electron chi connectivity index (χ2n) is 11.6. The van der Waals surface area contributed by atoms with Crippen LogP contribution in [0.1, 0.15) is 58.6 Å². The smallest absolute Gasteiger partial charge is 0.307 e. The van der Waals surface area contributed by atoms with Gasteiger partial charge in [-0.05, 0) is 66.6 Å². The highest BCUT2D eigenvalue weighted by molar-refractivity contribution is 7.09. The Labute approximate surface area is 288 Å². The number of rotatable bonds is 14. The Morgan fingerprint density at radius 2 is 1.73 bits per heavy atom. The van der Waals surface area contributed by atoms with E-state index in [1.54, 1.807) is 47.4 Å². The van der Waals surface area contributed by atoms with Crippen LogP contribution < -0.4 is 14.2 Å². The van der Waals surface area contributed by atoms with Crippen molar-refractivity contribution in [1.82, 2.24) is 19.7 Å². The van der Waals surface area contributed by atoms with Crippen LogP contribution in [0.25, 0.3) is 29.3 Å². The van der Waals surface area contributed by atoms with Gasteiger partial charge < -0.3 is 23.7 Å². The molecule has 3 heterocycles. The van der Waals surface area contributed by atoms with Crippen molar-refractivity contribution in [1.29, 1.82) is 0 Å². The molecule has 0 saturated carbocycles. The fourth-order valence-corrected chi connectivity index (χ4v) is 5.78. The summed E-state index contributed by atoms with van der Waals surface area (Å²) < 4.78 is 25.7. The van der Waals surface area contributed by atoms with E-state index >= 15 is 0 Å². The molecule has 0 amide bonds. The molecule has 10 nitrogen and oxygen atoms in total. The molecular formula is C38H36N4O6S. The first kappa shape index (κ1) is 33.2. The normalized spacial score (nSPS) is 11.4. The number of aromatic nitrogens is 4. The number of ether oxygens (including phenoxy) is 3. The molecule has 49 heavy (non-hydrogen) atoms. The molecule has 0 aliphatic heterocycles. The van der Waals surface area contributed by atoms with Gasteiger partial charge in [0.05, 0.1) is 35.5 Å². The van der Waals surface area contributed by atoms with Crippen LogP contribution in [0.3, 0.4) is 0 Å². The fourth-order valence-electron chi connectivity index (χ4n) is 4.97. The molecule has 6 aromatic rings. The van der Waals surface area contributed by atoms with Gasteiger partial charge in [0.25, 0.3) is 0 Å². The minimum atomic E-state index is -0.879. The van der Waals surface area contributed by atoms with E-state index in [0.717, 1.165) is 33.1 Å². The summed E-state index contributed by atoms with van der Waals surface area (Å²) in [6, 6.07) is 22.6. The lowest BCUT2D eigenvalue weighted by atomic mass is 10.1. The topological polar surface area (TPSA) is 122 Å². The summed E-state index contributed by atoms with van der Waals surface area (Å²) in [6.45, 7) is 6.53. The maximum Gasteiger partial charge on any atom is 0.307 e. The largest absolute Gasteiger partial charge is 0.493 e. The summed E-state index contributed by atoms with van der Waals surface area (Å²) in [7, 11) is 1.59. The van der Waals surface area contributed by atoms with Crippen molar-refractivity contribution in [3.63, 3.8) is 0 Å². The quantitative estimate of drug-likeness (QED) is 0.121. The maximum absolute atomic E-state index is 11.0. The standard InChI is InChI=1S/C38H36N4O6S/c1-24(2)38-39-30(23-49-38)16-15-29-20-42(31-8-6-5-7-9-31)41-37(29)47-21-27-12-17-33(34(18-27)45-4)46-22-32-25(3)48-36(40-32)28-13-10-26(11-14-28)19-35(43)44/h5-18,20,23-24H,19,21-22H2,1-4H3,(H,43,44). The Kier molecular flexibility index (Phi) is 10.2. The summed E-state index contributed by atoms with van der Waals surface area (Å²) in [6.07, 6.45) is 5.86. The van der Waals surface area contributed by atoms with Gasteiger partial charge in [-0.15, -0.1) is 16.4 Å². The Morgan fingerprint density at radius 1 is 0.959 bits per heavy atom. The zero-order chi connectivity index (χ0) is 34.3. The Hall–Kier alpha value is -5.68. The average Bonchev–Trinajstić information content (AvgIpc) is 3.85. The van der Waals surface area contributed by atoms with Crippen LogP contribution in [-0.2, 0) is 24.4 Å². The van der Waals surface area contributed by atoms with Gasteiger partial charge in [-0.3, -0.25) is 4.79 Å². The summed E-state index contributed by atoms with van der Waals surface area (Å²) in [4.78, 5) is 20.3. The third-order valence-corrected chi connectivity index (χ3v) is 8.78. The van der Waals surface area contributed by atoms with Gasteiger partial charge in [-0.2, -0.15) is 0 Å². The number of hydrogen-bond donors (Lipinski definition) is 1. The summed E-state index contributed by atoms with van der Waals surface area (Å²) in [5, 5.41) is 16.9. The molecule has 0 bridgehead atoms. The van der Waals surface area contributed by atoms with E-state index in [9.17, 15) is 4.79 Å². The third-order valence-electron chi connectivity index (χ3n) is 7.61. The molecule has 0 fully saturated rings. The first-order chi connectivity index (χ1) is 23.7. The van der Waals surface area contributed by atoms with Gasteiger partial charge in [0.15, 0.2) is 11.5 Å². The van der Waals surface area contributed by atoms with Crippen LogP contribution in [0.5, 0.6) is 17.4 Å². The van der Waals surface area contributed by atoms with Crippen molar-refractivity contribution in [3.8, 4) is 34.5 Å². The summed E-state index contributed by atoms with van der Waals surface area (Å²) in [5.41, 5.74) is 5.63. The minimum Gasteiger partial charge on any atom is -0.493 e. The van der Waals surface area contributed by atoms with Gasteiger partial charge in [-0.25, -0.2) is 14.6 Å². The Morgan fingerprint density at radius 3 is 2.45 bits per heavy atom. The number of aryl methyl sites for hydroxylation is 1. The molecule has 11 heteroatoms. The number of aliphatic carboxylic acids is 1. The van der Waals surface area contributed by atoms with E-state index < -0.39 is 5.97 Å². The fraction of sp³-hybridized carbons (Fsp3) is 0.211. The lowest BCUT2D eigenvalue weighted by Crippen LogP contribution is -2.02. The van der Waals surface area contributed by atoms with E-state index in [1.807, 2.05) is 73.8 Å². The number of carboxylic acids is 1. The number of oxazole rings is 1. The molecule has 250 valence electrons. The molecule has 3 aromatic carbocycles. The Balaban J connectivity index is 1.14. The zero-order valence-corrected chi connectivity index (χ0v) is 28.4. The summed E-state index contributed by atoms with van der Waals surface area (Å²) in [5.74, 6) is 2.16. The molecule has 0 aliphatic carbocycles. The van der Waals surface area contributed by atoms with Crippen molar-refractivity contribution in [2.24, 2.45) is 0 Å². The first-order valence-corrected chi connectivity index (χ1v) is 16.6. The predicted molar refractivity (Wildman–Crippen MR) is 188 cm³/mol. The molecule has 0 saturated heterocycles. The molecular weight excluding hydrogens is 641 g/mol. The number of nitrogens with zero attached hydrogens (tertiary/aromatic N) is 4. The monoisotopic (exact) mass is 676 g/mol. The molecule has 1 N–H and O–H groups in total. The molecule has 0 radical (unpaired) electrons. The van der Waals surface area contributed by atoms with Crippen LogP contribution in [0.2, 0.25) is 0 Å². The molecule has 0 spiro atoms. The molecule has 0 atom stereocenters. The average molecular weight is 677 g/mol. The number of thiazole rings is 1. The van der Waals surface area contributed by atoms with E-state index in [0.29, 0.717) is 46.2 Å². The first-order valence-electron chi connectivity index (χ1n) is 15.7. The number of para-hydroxylation sites is 1. The van der Waals surface area contributed by atoms with Crippen molar-refractivity contribution < 1.29 is 28.5 Å². The van der Waals surface area contributed by atoms with Gasteiger partial charge in [-0.1, -0.05) is 50.2 Å². The van der Waals surface area contributed by atoms with Crippen molar-refractivity contribution in [2.75, 3.05) is 7.11 Å². The van der Waals surface area contributed by atoms with Gasteiger partial charge in [0.2, 0.25) is 11.8 Å². The highest BCUT2D eigenvalue weighted by atomic mass is 32.1. The summed E-state index contributed by atoms with van der Waals surface area (Å²) >= 11 is 1.66. The van der Waals surface area contributed by atoms with Gasteiger partial charge in [0, 0.05) is 23.1 Å². The van der Waals surface area contributed by atoms with Gasteiger partial charge in [0.1, 0.15) is 24.7 Å². The van der Waals surface area contributed by atoms with Gasteiger partial charge >= 0.3 is 5.97 Å². The van der Waals surface area contributed by atoms with Crippen molar-refractivity contribution >= 4 is 29.5 Å². The van der Waals surface area contributed by atoms with Crippen LogP contribution in [0, 0.1) is 6.92 Å². The number of methoxy groups -OCH3 is 1. The van der Waals surface area contributed by atoms with Crippen LogP contribution in [-0.4, -0.2) is 37.9 Å². The maximum atomic E-state index is 11.0. The SMILES string of the molecule is COc1cc(COc2nn(-c3ccccc3)cc2C=Cc2csc(C(C)C)n2)ccc1OCc1nc(-c2ccc(CC(=O)O)cc2)oc1C. The van der Waals surface area contributed by atoms with Crippen molar-refractivity contribution in [2.45, 2.75) is 46.3 Å². The zero-order valence-electron chi connectivity index (χ0n) is 27.6. The second-order valence-corrected chi connectivity index (χ2v) is 12.5. The number of hydrogen-bond acceptors (Lipinski definition) is 9. The van der Waals surface area contributed by atoms with Crippen LogP contribution >= 0.6 is 11.3 Å². The number of carbonyl (C=O) groups is 1. The molecule has 0 unspecified atom stereocenters. The lowest BCUT2D eigenvalue weighted by Gasteiger charge is -2.12. The van der Waals surface area contributed by atoms with Crippen LogP contribution in [0.15, 0.2) is 88.8 Å². The lowest BCUT2D eigenvalue weighted by molar-refractivity contribution is -0.136. The molecule has 0 aliphatic rings. The number of benzene rings is 3. The van der Waals surface area contributed by atoms with Crippen LogP contribution in [0.4, 0.5) is 0 Å². The number of carboxylic acid groups (broad SMARTS) is 1. The molecule has 6 rings (SSSR count). The Bertz CT molecular complexity index is 2060. The highest BCUT2D eigenvalue weighted by Crippen LogP contribution is 2.31. The molecule has 3 aromatic heterocycles.